The summed E-state index contributed by atoms with van der Waals surface area (Å²) in [4.78, 5) is 23.0. The number of nitrogens with one attached hydrogen (secondary N) is 1. The quantitative estimate of drug-likeness (QED) is 0.917. The lowest BCUT2D eigenvalue weighted by Crippen LogP contribution is -2.39. The standard InChI is InChI=1S/C16H16Cl2N4O/c17-12-2-3-14(13(18)10-12)21-15(23)11-4-8-22(9-5-11)16-19-6-1-7-20-16/h1-3,6-7,10-11H,4-5,8-9H2,(H,21,23). The Balaban J connectivity index is 1.58. The SMILES string of the molecule is O=C(Nc1ccc(Cl)cc1Cl)C1CCN(c2ncccn2)CC1. The Hall–Kier alpha value is -1.85. The summed E-state index contributed by atoms with van der Waals surface area (Å²) in [6.07, 6.45) is 4.97. The van der Waals surface area contributed by atoms with Crippen molar-refractivity contribution in [3.8, 4) is 0 Å². The second-order valence-corrected chi connectivity index (χ2v) is 6.27. The Kier molecular flexibility index (Phi) is 4.98. The number of carbonyl (C=O) groups excluding carboxylic acids is 1. The van der Waals surface area contributed by atoms with E-state index < -0.39 is 0 Å². The minimum Gasteiger partial charge on any atom is -0.341 e. The summed E-state index contributed by atoms with van der Waals surface area (Å²) in [5, 5.41) is 3.87. The highest BCUT2D eigenvalue weighted by Gasteiger charge is 2.26. The number of hydrogen-bond acceptors (Lipinski definition) is 4. The van der Waals surface area contributed by atoms with Gasteiger partial charge in [-0.2, -0.15) is 0 Å². The van der Waals surface area contributed by atoms with Gasteiger partial charge in [0, 0.05) is 36.4 Å². The molecule has 5 nitrogen and oxygen atoms in total. The van der Waals surface area contributed by atoms with Gasteiger partial charge in [0.25, 0.3) is 0 Å². The van der Waals surface area contributed by atoms with Gasteiger partial charge < -0.3 is 10.2 Å². The monoisotopic (exact) mass is 350 g/mol. The zero-order chi connectivity index (χ0) is 16.2. The van der Waals surface area contributed by atoms with Crippen LogP contribution < -0.4 is 10.2 Å². The van der Waals surface area contributed by atoms with E-state index >= 15 is 0 Å². The molecule has 0 saturated carbocycles. The number of carbonyl (C=O) groups is 1. The van der Waals surface area contributed by atoms with E-state index in [1.54, 1.807) is 36.7 Å². The number of hydrogen-bond donors (Lipinski definition) is 1. The molecule has 1 saturated heterocycles. The van der Waals surface area contributed by atoms with Crippen LogP contribution in [-0.2, 0) is 4.79 Å². The fourth-order valence-corrected chi connectivity index (χ4v) is 3.08. The van der Waals surface area contributed by atoms with E-state index in [0.717, 1.165) is 25.9 Å². The predicted octanol–water partition coefficient (Wildman–Crippen LogP) is 3.64. The van der Waals surface area contributed by atoms with Crippen LogP contribution in [0, 0.1) is 5.92 Å². The van der Waals surface area contributed by atoms with Gasteiger partial charge in [-0.15, -0.1) is 0 Å². The Morgan fingerprint density at radius 1 is 1.17 bits per heavy atom. The zero-order valence-corrected chi connectivity index (χ0v) is 13.9. The maximum Gasteiger partial charge on any atom is 0.227 e. The van der Waals surface area contributed by atoms with E-state index in [1.165, 1.54) is 0 Å². The van der Waals surface area contributed by atoms with Gasteiger partial charge in [0.05, 0.1) is 10.7 Å². The van der Waals surface area contributed by atoms with Crippen molar-refractivity contribution in [2.24, 2.45) is 5.92 Å². The highest BCUT2D eigenvalue weighted by Crippen LogP contribution is 2.27. The summed E-state index contributed by atoms with van der Waals surface area (Å²) in [6.45, 7) is 1.52. The van der Waals surface area contributed by atoms with Crippen LogP contribution in [-0.4, -0.2) is 29.0 Å². The number of amides is 1. The summed E-state index contributed by atoms with van der Waals surface area (Å²) >= 11 is 12.0. The molecule has 120 valence electrons. The van der Waals surface area contributed by atoms with Crippen molar-refractivity contribution in [1.29, 1.82) is 0 Å². The van der Waals surface area contributed by atoms with Crippen LogP contribution in [0.25, 0.3) is 0 Å². The molecule has 23 heavy (non-hydrogen) atoms. The maximum atomic E-state index is 12.4. The molecule has 1 aromatic heterocycles. The highest BCUT2D eigenvalue weighted by atomic mass is 35.5. The molecule has 1 N–H and O–H groups in total. The third-order valence-electron chi connectivity index (χ3n) is 3.89. The van der Waals surface area contributed by atoms with Gasteiger partial charge in [-0.3, -0.25) is 4.79 Å². The van der Waals surface area contributed by atoms with E-state index in [-0.39, 0.29) is 11.8 Å². The van der Waals surface area contributed by atoms with Gasteiger partial charge in [0.2, 0.25) is 11.9 Å². The fourth-order valence-electron chi connectivity index (χ4n) is 2.62. The second kappa shape index (κ2) is 7.15. The Morgan fingerprint density at radius 2 is 1.87 bits per heavy atom. The van der Waals surface area contributed by atoms with Gasteiger partial charge in [-0.25, -0.2) is 9.97 Å². The van der Waals surface area contributed by atoms with Crippen molar-refractivity contribution < 1.29 is 4.79 Å². The van der Waals surface area contributed by atoms with E-state index in [0.29, 0.717) is 21.7 Å². The normalized spacial score (nSPS) is 15.5. The summed E-state index contributed by atoms with van der Waals surface area (Å²) < 4.78 is 0. The van der Waals surface area contributed by atoms with E-state index in [1.807, 2.05) is 0 Å². The van der Waals surface area contributed by atoms with E-state index in [9.17, 15) is 4.79 Å². The van der Waals surface area contributed by atoms with Gasteiger partial charge in [-0.1, -0.05) is 23.2 Å². The van der Waals surface area contributed by atoms with E-state index in [2.05, 4.69) is 20.2 Å². The lowest BCUT2D eigenvalue weighted by Gasteiger charge is -2.31. The first-order chi connectivity index (χ1) is 11.1. The topological polar surface area (TPSA) is 58.1 Å². The predicted molar refractivity (Wildman–Crippen MR) is 92.1 cm³/mol. The molecular weight excluding hydrogens is 335 g/mol. The van der Waals surface area contributed by atoms with Crippen molar-refractivity contribution in [1.82, 2.24) is 9.97 Å². The molecule has 3 rings (SSSR count). The minimum absolute atomic E-state index is 0.0112. The van der Waals surface area contributed by atoms with Crippen molar-refractivity contribution in [3.63, 3.8) is 0 Å². The number of nitrogens with zero attached hydrogens (tertiary/aromatic N) is 3. The van der Waals surface area contributed by atoms with Gasteiger partial charge >= 0.3 is 0 Å². The number of aromatic nitrogens is 2. The number of benzene rings is 1. The second-order valence-electron chi connectivity index (χ2n) is 5.42. The first-order valence-electron chi connectivity index (χ1n) is 7.41. The van der Waals surface area contributed by atoms with Gasteiger partial charge in [0.15, 0.2) is 0 Å². The van der Waals surface area contributed by atoms with Crippen molar-refractivity contribution >= 4 is 40.7 Å². The molecule has 0 spiro atoms. The molecule has 1 aromatic carbocycles. The molecule has 1 amide bonds. The van der Waals surface area contributed by atoms with Gasteiger partial charge in [0.1, 0.15) is 0 Å². The van der Waals surface area contributed by atoms with Crippen LogP contribution >= 0.6 is 23.2 Å². The first kappa shape index (κ1) is 16.0. The molecule has 0 unspecified atom stereocenters. The summed E-state index contributed by atoms with van der Waals surface area (Å²) in [5.41, 5.74) is 0.592. The summed E-state index contributed by atoms with van der Waals surface area (Å²) in [6, 6.07) is 6.83. The molecule has 0 aliphatic carbocycles. The third-order valence-corrected chi connectivity index (χ3v) is 4.44. The van der Waals surface area contributed by atoms with Crippen molar-refractivity contribution in [3.05, 3.63) is 46.7 Å². The molecule has 0 bridgehead atoms. The van der Waals surface area contributed by atoms with E-state index in [4.69, 9.17) is 23.2 Å². The van der Waals surface area contributed by atoms with Crippen LogP contribution in [0.15, 0.2) is 36.7 Å². The van der Waals surface area contributed by atoms with Crippen molar-refractivity contribution in [2.45, 2.75) is 12.8 Å². The average Bonchev–Trinajstić information content (AvgIpc) is 2.58. The Bertz CT molecular complexity index is 688. The molecule has 7 heteroatoms. The zero-order valence-electron chi connectivity index (χ0n) is 12.4. The smallest absolute Gasteiger partial charge is 0.227 e. The lowest BCUT2D eigenvalue weighted by atomic mass is 9.96. The lowest BCUT2D eigenvalue weighted by molar-refractivity contribution is -0.120. The Morgan fingerprint density at radius 3 is 2.52 bits per heavy atom. The molecule has 2 heterocycles. The molecule has 0 atom stereocenters. The Labute approximate surface area is 144 Å². The molecular formula is C16H16Cl2N4O. The van der Waals surface area contributed by atoms with Crippen molar-refractivity contribution in [2.75, 3.05) is 23.3 Å². The van der Waals surface area contributed by atoms with Crippen LogP contribution in [0.4, 0.5) is 11.6 Å². The maximum absolute atomic E-state index is 12.4. The van der Waals surface area contributed by atoms with Gasteiger partial charge in [-0.05, 0) is 37.1 Å². The summed E-state index contributed by atoms with van der Waals surface area (Å²) in [5.74, 6) is 0.664. The largest absolute Gasteiger partial charge is 0.341 e. The van der Waals surface area contributed by atoms with Crippen LogP contribution in [0.1, 0.15) is 12.8 Å². The van der Waals surface area contributed by atoms with Crippen LogP contribution in [0.3, 0.4) is 0 Å². The fraction of sp³-hybridized carbons (Fsp3) is 0.312. The number of rotatable bonds is 3. The molecule has 1 aliphatic rings. The molecule has 0 radical (unpaired) electrons. The molecule has 1 aliphatic heterocycles. The number of piperidine rings is 1. The minimum atomic E-state index is -0.0401. The third kappa shape index (κ3) is 3.92. The first-order valence-corrected chi connectivity index (χ1v) is 8.17. The summed E-state index contributed by atoms with van der Waals surface area (Å²) in [7, 11) is 0. The van der Waals surface area contributed by atoms with Crippen LogP contribution in [0.5, 0.6) is 0 Å². The highest BCUT2D eigenvalue weighted by molar-refractivity contribution is 6.36. The average molecular weight is 351 g/mol. The molecule has 1 fully saturated rings. The van der Waals surface area contributed by atoms with Crippen LogP contribution in [0.2, 0.25) is 10.0 Å². The number of halogens is 2. The number of anilines is 2. The molecule has 2 aromatic rings.